The molecule has 12 heteroatoms. The molecule has 0 radical (unpaired) electrons. The van der Waals surface area contributed by atoms with Gasteiger partial charge < -0.3 is 10.6 Å². The molecule has 3 rings (SSSR count). The van der Waals surface area contributed by atoms with E-state index in [1.807, 2.05) is 11.6 Å². The summed E-state index contributed by atoms with van der Waals surface area (Å²) in [7, 11) is -3.97. The molecule has 2 aromatic rings. The Bertz CT molecular complexity index is 1180. The van der Waals surface area contributed by atoms with Crippen LogP contribution < -0.4 is 10.5 Å². The molecule has 3 N–H and O–H groups in total. The summed E-state index contributed by atoms with van der Waals surface area (Å²) in [6.07, 6.45) is -0.252. The number of rotatable bonds is 8. The van der Waals surface area contributed by atoms with Crippen molar-refractivity contribution in [3.8, 4) is 0 Å². The molecule has 0 spiro atoms. The molecule has 1 heterocycles. The fourth-order valence-corrected chi connectivity index (χ4v) is 4.72. The minimum Gasteiger partial charge on any atom is -0.340 e. The number of hydrogen-bond acceptors (Lipinski definition) is 6. The van der Waals surface area contributed by atoms with Gasteiger partial charge in [0, 0.05) is 44.7 Å². The minimum absolute atomic E-state index is 0.00791. The molecule has 1 fully saturated rings. The van der Waals surface area contributed by atoms with E-state index < -0.39 is 39.4 Å². The van der Waals surface area contributed by atoms with Crippen molar-refractivity contribution in [2.45, 2.75) is 30.7 Å². The number of carbonyl (C=O) groups is 2. The van der Waals surface area contributed by atoms with Gasteiger partial charge in [0.2, 0.25) is 11.8 Å². The van der Waals surface area contributed by atoms with Crippen molar-refractivity contribution in [3.05, 3.63) is 65.0 Å². The number of piperazine rings is 1. The second-order valence-corrected chi connectivity index (χ2v) is 10.2. The second kappa shape index (κ2) is 11.2. The molecular formula is C23H27F3N4O4S. The summed E-state index contributed by atoms with van der Waals surface area (Å²) < 4.78 is 67.0. The van der Waals surface area contributed by atoms with Crippen LogP contribution in [0.4, 0.5) is 13.2 Å². The lowest BCUT2D eigenvalue weighted by Crippen LogP contribution is -2.52. The normalized spacial score (nSPS) is 15.6. The molecule has 0 aromatic heterocycles. The zero-order chi connectivity index (χ0) is 25.8. The standard InChI is InChI=1S/C23H27F3N4O4S/c1-15-2-4-18(5-3-15)35(33,34)28-22(31)14-29-6-8-30(9-7-29)23(32)12-17(27)10-16-11-20(25)21(26)13-19(16)24/h2-5,11,13,17H,6-10,12,14,27H2,1H3,(H,28,31)/t17-/m1/s1. The van der Waals surface area contributed by atoms with Crippen LogP contribution in [0.5, 0.6) is 0 Å². The van der Waals surface area contributed by atoms with Crippen LogP contribution >= 0.6 is 0 Å². The van der Waals surface area contributed by atoms with Crippen LogP contribution in [0.3, 0.4) is 0 Å². The fourth-order valence-electron chi connectivity index (χ4n) is 3.75. The van der Waals surface area contributed by atoms with Crippen LogP contribution in [0.1, 0.15) is 17.5 Å². The van der Waals surface area contributed by atoms with Gasteiger partial charge in [-0.05, 0) is 37.1 Å². The van der Waals surface area contributed by atoms with Gasteiger partial charge in [-0.15, -0.1) is 0 Å². The van der Waals surface area contributed by atoms with Gasteiger partial charge in [0.15, 0.2) is 11.6 Å². The molecular weight excluding hydrogens is 485 g/mol. The quantitative estimate of drug-likeness (QED) is 0.516. The first kappa shape index (κ1) is 26.6. The molecule has 35 heavy (non-hydrogen) atoms. The molecule has 1 atom stereocenters. The number of amides is 2. The van der Waals surface area contributed by atoms with Gasteiger partial charge in [-0.2, -0.15) is 0 Å². The molecule has 8 nitrogen and oxygen atoms in total. The number of benzene rings is 2. The molecule has 0 unspecified atom stereocenters. The SMILES string of the molecule is Cc1ccc(S(=O)(=O)NC(=O)CN2CCN(C(=O)C[C@H](N)Cc3cc(F)c(F)cc3F)CC2)cc1. The van der Waals surface area contributed by atoms with Gasteiger partial charge in [-0.1, -0.05) is 17.7 Å². The largest absolute Gasteiger partial charge is 0.340 e. The lowest BCUT2D eigenvalue weighted by atomic mass is 10.0. The smallest absolute Gasteiger partial charge is 0.264 e. The van der Waals surface area contributed by atoms with Crippen molar-refractivity contribution in [1.29, 1.82) is 0 Å². The Morgan fingerprint density at radius 3 is 2.23 bits per heavy atom. The van der Waals surface area contributed by atoms with Gasteiger partial charge in [-0.3, -0.25) is 14.5 Å². The maximum absolute atomic E-state index is 13.8. The molecule has 2 amide bonds. The van der Waals surface area contributed by atoms with Crippen LogP contribution in [0.15, 0.2) is 41.3 Å². The van der Waals surface area contributed by atoms with Gasteiger partial charge in [0.05, 0.1) is 11.4 Å². The Morgan fingerprint density at radius 2 is 1.60 bits per heavy atom. The van der Waals surface area contributed by atoms with E-state index >= 15 is 0 Å². The third-order valence-electron chi connectivity index (χ3n) is 5.68. The summed E-state index contributed by atoms with van der Waals surface area (Å²) in [5.41, 5.74) is 6.71. The van der Waals surface area contributed by atoms with Gasteiger partial charge in [0.25, 0.3) is 10.0 Å². The van der Waals surface area contributed by atoms with E-state index in [1.54, 1.807) is 21.9 Å². The average Bonchev–Trinajstić information content (AvgIpc) is 2.77. The van der Waals surface area contributed by atoms with Crippen molar-refractivity contribution < 1.29 is 31.2 Å². The van der Waals surface area contributed by atoms with Crippen LogP contribution in [0.25, 0.3) is 0 Å². The number of aryl methyl sites for hydroxylation is 1. The maximum atomic E-state index is 13.8. The van der Waals surface area contributed by atoms with E-state index in [0.29, 0.717) is 32.2 Å². The molecule has 1 saturated heterocycles. The maximum Gasteiger partial charge on any atom is 0.264 e. The van der Waals surface area contributed by atoms with Crippen molar-refractivity contribution in [1.82, 2.24) is 14.5 Å². The highest BCUT2D eigenvalue weighted by Crippen LogP contribution is 2.16. The number of sulfonamides is 1. The van der Waals surface area contributed by atoms with Crippen molar-refractivity contribution in [2.24, 2.45) is 5.73 Å². The highest BCUT2D eigenvalue weighted by atomic mass is 32.2. The summed E-state index contributed by atoms with van der Waals surface area (Å²) in [6.45, 7) is 2.95. The first-order valence-electron chi connectivity index (χ1n) is 11.0. The van der Waals surface area contributed by atoms with Gasteiger partial charge in [0.1, 0.15) is 5.82 Å². The molecule has 1 aliphatic heterocycles. The Labute approximate surface area is 201 Å². The minimum atomic E-state index is -3.97. The third kappa shape index (κ3) is 7.26. The van der Waals surface area contributed by atoms with E-state index in [4.69, 9.17) is 5.73 Å². The lowest BCUT2D eigenvalue weighted by Gasteiger charge is -2.34. The van der Waals surface area contributed by atoms with Crippen LogP contribution in [-0.4, -0.2) is 68.8 Å². The molecule has 2 aromatic carbocycles. The summed E-state index contributed by atoms with van der Waals surface area (Å²) in [5.74, 6) is -4.38. The van der Waals surface area contributed by atoms with E-state index in [2.05, 4.69) is 0 Å². The van der Waals surface area contributed by atoms with Crippen LogP contribution in [-0.2, 0) is 26.0 Å². The monoisotopic (exact) mass is 512 g/mol. The van der Waals surface area contributed by atoms with Crippen molar-refractivity contribution >= 4 is 21.8 Å². The van der Waals surface area contributed by atoms with E-state index in [-0.39, 0.29) is 35.8 Å². The van der Waals surface area contributed by atoms with Crippen molar-refractivity contribution in [2.75, 3.05) is 32.7 Å². The Kier molecular flexibility index (Phi) is 8.51. The Hall–Kier alpha value is -2.96. The first-order valence-corrected chi connectivity index (χ1v) is 12.4. The average molecular weight is 513 g/mol. The van der Waals surface area contributed by atoms with Crippen LogP contribution in [0.2, 0.25) is 0 Å². The van der Waals surface area contributed by atoms with Crippen LogP contribution in [0, 0.1) is 24.4 Å². The Balaban J connectivity index is 1.45. The van der Waals surface area contributed by atoms with E-state index in [0.717, 1.165) is 11.6 Å². The number of nitrogens with zero attached hydrogens (tertiary/aromatic N) is 2. The summed E-state index contributed by atoms with van der Waals surface area (Å²) in [6, 6.07) is 6.49. The van der Waals surface area contributed by atoms with Gasteiger partial charge in [-0.25, -0.2) is 26.3 Å². The van der Waals surface area contributed by atoms with E-state index in [1.165, 1.54) is 12.1 Å². The molecule has 0 aliphatic carbocycles. The Morgan fingerprint density at radius 1 is 1.00 bits per heavy atom. The molecule has 1 aliphatic rings. The fraction of sp³-hybridized carbons (Fsp3) is 0.391. The highest BCUT2D eigenvalue weighted by molar-refractivity contribution is 7.90. The lowest BCUT2D eigenvalue weighted by molar-refractivity contribution is -0.133. The number of halogens is 3. The van der Waals surface area contributed by atoms with E-state index in [9.17, 15) is 31.2 Å². The number of carbonyl (C=O) groups excluding carboxylic acids is 2. The third-order valence-corrected chi connectivity index (χ3v) is 7.07. The zero-order valence-electron chi connectivity index (χ0n) is 19.1. The molecule has 0 saturated carbocycles. The molecule has 0 bridgehead atoms. The summed E-state index contributed by atoms with van der Waals surface area (Å²) in [4.78, 5) is 28.1. The number of nitrogens with two attached hydrogens (primary N) is 1. The topological polar surface area (TPSA) is 113 Å². The second-order valence-electron chi connectivity index (χ2n) is 8.52. The summed E-state index contributed by atoms with van der Waals surface area (Å²) >= 11 is 0. The number of nitrogens with one attached hydrogen (secondary N) is 1. The number of hydrogen-bond donors (Lipinski definition) is 2. The summed E-state index contributed by atoms with van der Waals surface area (Å²) in [5, 5.41) is 0. The van der Waals surface area contributed by atoms with Gasteiger partial charge >= 0.3 is 0 Å². The molecule has 190 valence electrons. The zero-order valence-corrected chi connectivity index (χ0v) is 20.0. The van der Waals surface area contributed by atoms with Crippen molar-refractivity contribution in [3.63, 3.8) is 0 Å². The predicted octanol–water partition coefficient (Wildman–Crippen LogP) is 1.32. The first-order chi connectivity index (χ1) is 16.4. The predicted molar refractivity (Wildman–Crippen MR) is 122 cm³/mol. The highest BCUT2D eigenvalue weighted by Gasteiger charge is 2.26.